The molecule has 0 radical (unpaired) electrons. The molecule has 0 aliphatic carbocycles. The van der Waals surface area contributed by atoms with Crippen LogP contribution in [0.4, 0.5) is 10.2 Å². The SMILES string of the molecule is CNc1nccnc1C[C@@H]1CCCN(Cc2ccc(F)cn2)C1. The molecule has 0 aromatic carbocycles. The summed E-state index contributed by atoms with van der Waals surface area (Å²) in [5, 5.41) is 3.11. The molecule has 0 amide bonds. The monoisotopic (exact) mass is 315 g/mol. The maximum atomic E-state index is 12.9. The van der Waals surface area contributed by atoms with Crippen molar-refractivity contribution in [1.29, 1.82) is 0 Å². The van der Waals surface area contributed by atoms with Crippen molar-refractivity contribution in [2.75, 3.05) is 25.5 Å². The van der Waals surface area contributed by atoms with Gasteiger partial charge in [0.05, 0.1) is 17.6 Å². The van der Waals surface area contributed by atoms with E-state index in [1.807, 2.05) is 7.05 Å². The summed E-state index contributed by atoms with van der Waals surface area (Å²) in [5.74, 6) is 1.14. The zero-order valence-electron chi connectivity index (χ0n) is 13.4. The van der Waals surface area contributed by atoms with E-state index in [-0.39, 0.29) is 5.82 Å². The number of pyridine rings is 1. The van der Waals surface area contributed by atoms with Crippen LogP contribution in [0.1, 0.15) is 24.2 Å². The standard InChI is InChI=1S/C17H22FN5/c1-19-17-16(20-6-7-21-17)9-13-3-2-8-23(11-13)12-15-5-4-14(18)10-22-15/h4-7,10,13H,2-3,8-9,11-12H2,1H3,(H,19,21)/t13-/m0/s1. The van der Waals surface area contributed by atoms with E-state index in [1.165, 1.54) is 25.1 Å². The average molecular weight is 315 g/mol. The molecule has 1 atom stereocenters. The lowest BCUT2D eigenvalue weighted by Gasteiger charge is -2.32. The topological polar surface area (TPSA) is 53.9 Å². The van der Waals surface area contributed by atoms with Crippen LogP contribution < -0.4 is 5.32 Å². The second kappa shape index (κ2) is 7.46. The Labute approximate surface area is 136 Å². The van der Waals surface area contributed by atoms with E-state index < -0.39 is 0 Å². The van der Waals surface area contributed by atoms with Gasteiger partial charge in [0.15, 0.2) is 0 Å². The number of hydrogen-bond acceptors (Lipinski definition) is 5. The molecular weight excluding hydrogens is 293 g/mol. The summed E-state index contributed by atoms with van der Waals surface area (Å²) in [6.07, 6.45) is 8.04. The third kappa shape index (κ3) is 4.22. The van der Waals surface area contributed by atoms with E-state index >= 15 is 0 Å². The number of halogens is 1. The Balaban J connectivity index is 1.60. The zero-order valence-corrected chi connectivity index (χ0v) is 13.4. The second-order valence-electron chi connectivity index (χ2n) is 6.02. The summed E-state index contributed by atoms with van der Waals surface area (Å²) in [7, 11) is 1.88. The number of likely N-dealkylation sites (tertiary alicyclic amines) is 1. The minimum Gasteiger partial charge on any atom is -0.372 e. The van der Waals surface area contributed by atoms with Gasteiger partial charge in [-0.15, -0.1) is 0 Å². The van der Waals surface area contributed by atoms with Crippen molar-refractivity contribution in [3.8, 4) is 0 Å². The lowest BCUT2D eigenvalue weighted by Crippen LogP contribution is -2.36. The Morgan fingerprint density at radius 1 is 1.26 bits per heavy atom. The highest BCUT2D eigenvalue weighted by Crippen LogP contribution is 2.23. The predicted molar refractivity (Wildman–Crippen MR) is 87.5 cm³/mol. The Bertz CT molecular complexity index is 631. The molecule has 122 valence electrons. The largest absolute Gasteiger partial charge is 0.372 e. The van der Waals surface area contributed by atoms with Gasteiger partial charge >= 0.3 is 0 Å². The molecule has 1 saturated heterocycles. The summed E-state index contributed by atoms with van der Waals surface area (Å²) in [4.78, 5) is 15.3. The van der Waals surface area contributed by atoms with Crippen LogP contribution in [0.5, 0.6) is 0 Å². The molecule has 1 aliphatic rings. The van der Waals surface area contributed by atoms with Crippen LogP contribution in [-0.4, -0.2) is 40.0 Å². The van der Waals surface area contributed by atoms with E-state index in [4.69, 9.17) is 0 Å². The first kappa shape index (κ1) is 15.8. The van der Waals surface area contributed by atoms with Crippen molar-refractivity contribution in [2.24, 2.45) is 5.92 Å². The molecule has 1 aliphatic heterocycles. The van der Waals surface area contributed by atoms with Crippen LogP contribution in [0.3, 0.4) is 0 Å². The fraction of sp³-hybridized carbons (Fsp3) is 0.471. The average Bonchev–Trinajstić information content (AvgIpc) is 2.58. The molecule has 23 heavy (non-hydrogen) atoms. The highest BCUT2D eigenvalue weighted by molar-refractivity contribution is 5.38. The Morgan fingerprint density at radius 3 is 2.91 bits per heavy atom. The van der Waals surface area contributed by atoms with Gasteiger partial charge in [-0.05, 0) is 43.9 Å². The quantitative estimate of drug-likeness (QED) is 0.919. The van der Waals surface area contributed by atoms with Crippen molar-refractivity contribution in [3.63, 3.8) is 0 Å². The minimum absolute atomic E-state index is 0.285. The summed E-state index contributed by atoms with van der Waals surface area (Å²) in [5.41, 5.74) is 1.95. The van der Waals surface area contributed by atoms with Gasteiger partial charge in [-0.1, -0.05) is 0 Å². The first-order valence-electron chi connectivity index (χ1n) is 8.05. The van der Waals surface area contributed by atoms with Crippen LogP contribution in [0.25, 0.3) is 0 Å². The molecule has 2 aromatic heterocycles. The van der Waals surface area contributed by atoms with Crippen molar-refractivity contribution < 1.29 is 4.39 Å². The minimum atomic E-state index is -0.285. The Kier molecular flexibility index (Phi) is 5.12. The second-order valence-corrected chi connectivity index (χ2v) is 6.02. The fourth-order valence-corrected chi connectivity index (χ4v) is 3.19. The van der Waals surface area contributed by atoms with E-state index in [2.05, 4.69) is 25.2 Å². The van der Waals surface area contributed by atoms with Gasteiger partial charge in [-0.3, -0.25) is 14.9 Å². The van der Waals surface area contributed by atoms with Crippen LogP contribution in [-0.2, 0) is 13.0 Å². The molecular formula is C17H22FN5. The fourth-order valence-electron chi connectivity index (χ4n) is 3.19. The third-order valence-electron chi connectivity index (χ3n) is 4.27. The van der Waals surface area contributed by atoms with Gasteiger partial charge in [0.25, 0.3) is 0 Å². The van der Waals surface area contributed by atoms with Gasteiger partial charge in [0, 0.05) is 32.5 Å². The zero-order chi connectivity index (χ0) is 16.1. The van der Waals surface area contributed by atoms with Crippen LogP contribution >= 0.6 is 0 Å². The normalized spacial score (nSPS) is 18.8. The summed E-state index contributed by atoms with van der Waals surface area (Å²) >= 11 is 0. The molecule has 3 heterocycles. The maximum Gasteiger partial charge on any atom is 0.147 e. The van der Waals surface area contributed by atoms with E-state index in [0.717, 1.165) is 43.3 Å². The third-order valence-corrected chi connectivity index (χ3v) is 4.27. The highest BCUT2D eigenvalue weighted by Gasteiger charge is 2.22. The summed E-state index contributed by atoms with van der Waals surface area (Å²) in [6.45, 7) is 2.85. The Morgan fingerprint density at radius 2 is 2.13 bits per heavy atom. The molecule has 0 spiro atoms. The molecule has 1 N–H and O–H groups in total. The lowest BCUT2D eigenvalue weighted by molar-refractivity contribution is 0.165. The van der Waals surface area contributed by atoms with E-state index in [9.17, 15) is 4.39 Å². The Hall–Kier alpha value is -2.08. The molecule has 2 aromatic rings. The molecule has 6 heteroatoms. The number of rotatable bonds is 5. The van der Waals surface area contributed by atoms with Crippen molar-refractivity contribution in [2.45, 2.75) is 25.8 Å². The van der Waals surface area contributed by atoms with Crippen molar-refractivity contribution >= 4 is 5.82 Å². The molecule has 0 saturated carbocycles. The van der Waals surface area contributed by atoms with Crippen molar-refractivity contribution in [3.05, 3.63) is 47.9 Å². The molecule has 3 rings (SSSR count). The first-order valence-corrected chi connectivity index (χ1v) is 8.05. The molecule has 0 bridgehead atoms. The number of anilines is 1. The lowest BCUT2D eigenvalue weighted by atomic mass is 9.93. The van der Waals surface area contributed by atoms with Crippen LogP contribution in [0.2, 0.25) is 0 Å². The molecule has 0 unspecified atom stereocenters. The van der Waals surface area contributed by atoms with Gasteiger partial charge < -0.3 is 5.32 Å². The van der Waals surface area contributed by atoms with Crippen LogP contribution in [0.15, 0.2) is 30.7 Å². The van der Waals surface area contributed by atoms with E-state index in [1.54, 1.807) is 18.5 Å². The van der Waals surface area contributed by atoms with Crippen LogP contribution in [0, 0.1) is 11.7 Å². The number of aromatic nitrogens is 3. The number of nitrogens with one attached hydrogen (secondary N) is 1. The number of piperidine rings is 1. The molecule has 5 nitrogen and oxygen atoms in total. The van der Waals surface area contributed by atoms with Gasteiger partial charge in [-0.2, -0.15) is 0 Å². The summed E-state index contributed by atoms with van der Waals surface area (Å²) < 4.78 is 12.9. The smallest absolute Gasteiger partial charge is 0.147 e. The van der Waals surface area contributed by atoms with Gasteiger partial charge in [-0.25, -0.2) is 9.37 Å². The number of nitrogens with zero attached hydrogens (tertiary/aromatic N) is 4. The van der Waals surface area contributed by atoms with Gasteiger partial charge in [0.1, 0.15) is 11.6 Å². The van der Waals surface area contributed by atoms with Crippen molar-refractivity contribution in [1.82, 2.24) is 19.9 Å². The first-order chi connectivity index (χ1) is 11.2. The number of hydrogen-bond donors (Lipinski definition) is 1. The highest BCUT2D eigenvalue weighted by atomic mass is 19.1. The summed E-state index contributed by atoms with van der Waals surface area (Å²) in [6, 6.07) is 3.24. The molecule has 1 fully saturated rings. The van der Waals surface area contributed by atoms with E-state index in [0.29, 0.717) is 5.92 Å². The predicted octanol–water partition coefficient (Wildman–Crippen LogP) is 2.51. The van der Waals surface area contributed by atoms with Gasteiger partial charge in [0.2, 0.25) is 0 Å². The maximum absolute atomic E-state index is 12.9.